The van der Waals surface area contributed by atoms with Gasteiger partial charge in [-0.1, -0.05) is 39.0 Å². The molecule has 0 radical (unpaired) electrons. The van der Waals surface area contributed by atoms with Crippen LogP contribution in [0.5, 0.6) is 0 Å². The highest BCUT2D eigenvalue weighted by molar-refractivity contribution is 5.35. The Kier molecular flexibility index (Phi) is 5.36. The van der Waals surface area contributed by atoms with Gasteiger partial charge < -0.3 is 10.8 Å². The Balaban J connectivity index is 2.80. The van der Waals surface area contributed by atoms with Crippen LogP contribution < -0.4 is 5.73 Å². The highest BCUT2D eigenvalue weighted by atomic mass is 16.3. The predicted octanol–water partition coefficient (Wildman–Crippen LogP) is 2.79. The average Bonchev–Trinajstić information content (AvgIpc) is 2.31. The summed E-state index contributed by atoms with van der Waals surface area (Å²) in [7, 11) is 0. The number of aliphatic hydroxyl groups excluding tert-OH is 1. The summed E-state index contributed by atoms with van der Waals surface area (Å²) in [5.74, 6) is 0.226. The van der Waals surface area contributed by atoms with Crippen molar-refractivity contribution in [2.75, 3.05) is 13.2 Å². The van der Waals surface area contributed by atoms with E-state index in [1.807, 2.05) is 0 Å². The zero-order valence-electron chi connectivity index (χ0n) is 12.2. The highest BCUT2D eigenvalue weighted by Crippen LogP contribution is 2.27. The summed E-state index contributed by atoms with van der Waals surface area (Å²) in [4.78, 5) is 0. The van der Waals surface area contributed by atoms with Crippen LogP contribution in [-0.4, -0.2) is 18.3 Å². The molecule has 0 saturated heterocycles. The van der Waals surface area contributed by atoms with E-state index in [1.54, 1.807) is 0 Å². The van der Waals surface area contributed by atoms with E-state index in [1.165, 1.54) is 16.7 Å². The Bertz CT molecular complexity index is 375. The molecule has 3 N–H and O–H groups in total. The number of nitrogens with two attached hydrogens (primary N) is 1. The molecule has 0 saturated carbocycles. The van der Waals surface area contributed by atoms with Crippen LogP contribution in [0.25, 0.3) is 0 Å². The third kappa shape index (κ3) is 4.11. The second kappa shape index (κ2) is 6.35. The first-order valence-electron chi connectivity index (χ1n) is 6.79. The molecule has 0 aliphatic heterocycles. The van der Waals surface area contributed by atoms with Crippen molar-refractivity contribution in [2.24, 2.45) is 11.7 Å². The molecule has 102 valence electrons. The van der Waals surface area contributed by atoms with Crippen molar-refractivity contribution in [3.8, 4) is 0 Å². The molecular weight excluding hydrogens is 222 g/mol. The largest absolute Gasteiger partial charge is 0.396 e. The van der Waals surface area contributed by atoms with E-state index >= 15 is 0 Å². The van der Waals surface area contributed by atoms with Crippen LogP contribution in [-0.2, 0) is 11.8 Å². The number of benzene rings is 1. The lowest BCUT2D eigenvalue weighted by molar-refractivity contribution is 0.223. The van der Waals surface area contributed by atoms with Crippen molar-refractivity contribution < 1.29 is 5.11 Å². The van der Waals surface area contributed by atoms with Gasteiger partial charge in [-0.3, -0.25) is 0 Å². The minimum atomic E-state index is 0.185. The van der Waals surface area contributed by atoms with E-state index in [-0.39, 0.29) is 17.9 Å². The average molecular weight is 249 g/mol. The van der Waals surface area contributed by atoms with Crippen LogP contribution in [0.2, 0.25) is 0 Å². The predicted molar refractivity (Wildman–Crippen MR) is 77.8 cm³/mol. The number of hydrogen-bond donors (Lipinski definition) is 2. The van der Waals surface area contributed by atoms with E-state index in [4.69, 9.17) is 10.8 Å². The molecule has 0 heterocycles. The molecule has 0 spiro atoms. The van der Waals surface area contributed by atoms with Crippen molar-refractivity contribution in [3.05, 3.63) is 34.9 Å². The molecule has 1 aromatic carbocycles. The summed E-state index contributed by atoms with van der Waals surface area (Å²) >= 11 is 0. The van der Waals surface area contributed by atoms with Crippen molar-refractivity contribution in [1.82, 2.24) is 0 Å². The molecule has 1 unspecified atom stereocenters. The second-order valence-electron chi connectivity index (χ2n) is 6.22. The summed E-state index contributed by atoms with van der Waals surface area (Å²) < 4.78 is 0. The fourth-order valence-corrected chi connectivity index (χ4v) is 2.29. The number of aliphatic hydroxyl groups is 1. The lowest BCUT2D eigenvalue weighted by atomic mass is 9.82. The molecule has 1 atom stereocenters. The molecule has 0 bridgehead atoms. The van der Waals surface area contributed by atoms with Crippen LogP contribution in [0.3, 0.4) is 0 Å². The molecule has 1 aromatic rings. The monoisotopic (exact) mass is 249 g/mol. The SMILES string of the molecule is Cc1ccc(CCC(CN)CO)cc1C(C)(C)C. The second-order valence-corrected chi connectivity index (χ2v) is 6.22. The fourth-order valence-electron chi connectivity index (χ4n) is 2.29. The Morgan fingerprint density at radius 1 is 1.28 bits per heavy atom. The summed E-state index contributed by atoms with van der Waals surface area (Å²) in [6.45, 7) is 9.66. The van der Waals surface area contributed by atoms with Crippen LogP contribution >= 0.6 is 0 Å². The fraction of sp³-hybridized carbons (Fsp3) is 0.625. The van der Waals surface area contributed by atoms with E-state index in [2.05, 4.69) is 45.9 Å². The molecule has 0 aliphatic rings. The van der Waals surface area contributed by atoms with Gasteiger partial charge in [0.05, 0.1) is 0 Å². The number of hydrogen-bond acceptors (Lipinski definition) is 2. The van der Waals surface area contributed by atoms with Crippen LogP contribution in [0.1, 0.15) is 43.9 Å². The molecule has 0 fully saturated rings. The van der Waals surface area contributed by atoms with Crippen molar-refractivity contribution in [2.45, 2.75) is 46.0 Å². The van der Waals surface area contributed by atoms with Gasteiger partial charge in [-0.05, 0) is 54.3 Å². The first-order valence-corrected chi connectivity index (χ1v) is 6.79. The lowest BCUT2D eigenvalue weighted by Crippen LogP contribution is -2.19. The van der Waals surface area contributed by atoms with Gasteiger partial charge in [-0.2, -0.15) is 0 Å². The van der Waals surface area contributed by atoms with Gasteiger partial charge in [0, 0.05) is 6.61 Å². The van der Waals surface area contributed by atoms with Gasteiger partial charge in [0.1, 0.15) is 0 Å². The van der Waals surface area contributed by atoms with Crippen LogP contribution in [0, 0.1) is 12.8 Å². The van der Waals surface area contributed by atoms with Gasteiger partial charge in [0.25, 0.3) is 0 Å². The quantitative estimate of drug-likeness (QED) is 0.843. The van der Waals surface area contributed by atoms with Gasteiger partial charge in [-0.15, -0.1) is 0 Å². The Morgan fingerprint density at radius 2 is 1.94 bits per heavy atom. The molecule has 1 rings (SSSR count). The summed E-state index contributed by atoms with van der Waals surface area (Å²) in [6, 6.07) is 6.70. The number of aryl methyl sites for hydroxylation is 2. The third-order valence-corrected chi connectivity index (χ3v) is 3.54. The summed E-state index contributed by atoms with van der Waals surface area (Å²) in [6.07, 6.45) is 1.95. The van der Waals surface area contributed by atoms with E-state index in [0.717, 1.165) is 12.8 Å². The lowest BCUT2D eigenvalue weighted by Gasteiger charge is -2.23. The first-order chi connectivity index (χ1) is 8.38. The zero-order chi connectivity index (χ0) is 13.8. The Morgan fingerprint density at radius 3 is 2.44 bits per heavy atom. The first kappa shape index (κ1) is 15.2. The van der Waals surface area contributed by atoms with Crippen molar-refractivity contribution in [1.29, 1.82) is 0 Å². The van der Waals surface area contributed by atoms with Crippen molar-refractivity contribution in [3.63, 3.8) is 0 Å². The maximum absolute atomic E-state index is 9.15. The number of rotatable bonds is 5. The maximum Gasteiger partial charge on any atom is 0.0471 e. The van der Waals surface area contributed by atoms with Crippen LogP contribution in [0.15, 0.2) is 18.2 Å². The Labute approximate surface area is 111 Å². The van der Waals surface area contributed by atoms with Crippen molar-refractivity contribution >= 4 is 0 Å². The smallest absolute Gasteiger partial charge is 0.0471 e. The summed E-state index contributed by atoms with van der Waals surface area (Å²) in [5.41, 5.74) is 9.90. The topological polar surface area (TPSA) is 46.2 Å². The van der Waals surface area contributed by atoms with Crippen LogP contribution in [0.4, 0.5) is 0 Å². The highest BCUT2D eigenvalue weighted by Gasteiger charge is 2.16. The zero-order valence-corrected chi connectivity index (χ0v) is 12.2. The van der Waals surface area contributed by atoms with E-state index in [0.29, 0.717) is 6.54 Å². The third-order valence-electron chi connectivity index (χ3n) is 3.54. The molecule has 2 nitrogen and oxygen atoms in total. The molecule has 0 aromatic heterocycles. The summed E-state index contributed by atoms with van der Waals surface area (Å²) in [5, 5.41) is 9.15. The molecule has 18 heavy (non-hydrogen) atoms. The normalized spacial score (nSPS) is 13.7. The van der Waals surface area contributed by atoms with Gasteiger partial charge >= 0.3 is 0 Å². The standard InChI is InChI=1S/C16H27NO/c1-12-5-6-13(7-8-14(10-17)11-18)9-15(12)16(2,3)4/h5-6,9,14,18H,7-8,10-11,17H2,1-4H3. The van der Waals surface area contributed by atoms with E-state index in [9.17, 15) is 0 Å². The Hall–Kier alpha value is -0.860. The minimum Gasteiger partial charge on any atom is -0.396 e. The molecule has 0 aliphatic carbocycles. The molecule has 2 heteroatoms. The molecule has 0 amide bonds. The van der Waals surface area contributed by atoms with E-state index < -0.39 is 0 Å². The van der Waals surface area contributed by atoms with Gasteiger partial charge in [0.2, 0.25) is 0 Å². The molecular formula is C16H27NO. The van der Waals surface area contributed by atoms with Gasteiger partial charge in [-0.25, -0.2) is 0 Å². The maximum atomic E-state index is 9.15. The van der Waals surface area contributed by atoms with Gasteiger partial charge in [0.15, 0.2) is 0 Å². The minimum absolute atomic E-state index is 0.185.